The second kappa shape index (κ2) is 10.6. The Kier molecular flexibility index (Phi) is 9.13. The SMILES string of the molecule is CNOC/C=C(\c1ccccc1)c1ccc(Cl)[n+](CC(C)=O)c1.[I-]. The van der Waals surface area contributed by atoms with Gasteiger partial charge in [0.1, 0.15) is 0 Å². The highest BCUT2D eigenvalue weighted by Crippen LogP contribution is 2.23. The van der Waals surface area contributed by atoms with Crippen molar-refractivity contribution < 1.29 is 38.2 Å². The molecule has 1 aromatic carbocycles. The lowest BCUT2D eigenvalue weighted by Gasteiger charge is -2.08. The number of pyridine rings is 1. The molecule has 1 aromatic heterocycles. The number of hydrogen-bond acceptors (Lipinski definition) is 3. The molecule has 1 heterocycles. The van der Waals surface area contributed by atoms with E-state index in [1.807, 2.05) is 48.7 Å². The molecule has 1 N–H and O–H groups in total. The van der Waals surface area contributed by atoms with Gasteiger partial charge in [-0.3, -0.25) is 9.63 Å². The molecule has 0 fully saturated rings. The molecule has 0 aliphatic heterocycles. The molecule has 0 amide bonds. The molecular weight excluding hydrogens is 439 g/mol. The molecule has 0 bridgehead atoms. The van der Waals surface area contributed by atoms with Gasteiger partial charge in [-0.05, 0) is 34.9 Å². The summed E-state index contributed by atoms with van der Waals surface area (Å²) in [5.41, 5.74) is 5.73. The van der Waals surface area contributed by atoms with Crippen LogP contribution in [-0.4, -0.2) is 19.4 Å². The van der Waals surface area contributed by atoms with E-state index in [2.05, 4.69) is 5.48 Å². The topological polar surface area (TPSA) is 42.2 Å². The Morgan fingerprint density at radius 3 is 2.54 bits per heavy atom. The van der Waals surface area contributed by atoms with Gasteiger partial charge in [0.2, 0.25) is 6.54 Å². The third kappa shape index (κ3) is 5.98. The van der Waals surface area contributed by atoms with Crippen LogP contribution in [0.3, 0.4) is 0 Å². The summed E-state index contributed by atoms with van der Waals surface area (Å²) in [6.45, 7) is 2.22. The second-order valence-electron chi connectivity index (χ2n) is 5.07. The molecule has 0 atom stereocenters. The number of halogens is 2. The predicted octanol–water partition coefficient (Wildman–Crippen LogP) is -0.197. The summed E-state index contributed by atoms with van der Waals surface area (Å²) in [5, 5.41) is 0.530. The molecule has 0 aliphatic carbocycles. The number of hydrogen-bond donors (Lipinski definition) is 1. The van der Waals surface area contributed by atoms with Gasteiger partial charge in [0, 0.05) is 25.6 Å². The summed E-state index contributed by atoms with van der Waals surface area (Å²) in [5.74, 6) is 0.0535. The summed E-state index contributed by atoms with van der Waals surface area (Å²) in [6, 6.07) is 13.8. The minimum atomic E-state index is 0. The van der Waals surface area contributed by atoms with E-state index in [0.717, 1.165) is 16.7 Å². The maximum atomic E-state index is 11.4. The van der Waals surface area contributed by atoms with E-state index in [0.29, 0.717) is 11.8 Å². The normalized spacial score (nSPS) is 11.0. The average Bonchev–Trinajstić information content (AvgIpc) is 2.54. The largest absolute Gasteiger partial charge is 1.00 e. The number of nitrogens with one attached hydrogen (secondary N) is 1. The Bertz CT molecular complexity index is 705. The fraction of sp³-hybridized carbons (Fsp3) is 0.222. The molecule has 0 spiro atoms. The van der Waals surface area contributed by atoms with E-state index in [1.54, 1.807) is 24.6 Å². The van der Waals surface area contributed by atoms with E-state index >= 15 is 0 Å². The first-order chi connectivity index (χ1) is 11.1. The van der Waals surface area contributed by atoms with Gasteiger partial charge >= 0.3 is 0 Å². The Labute approximate surface area is 164 Å². The summed E-state index contributed by atoms with van der Waals surface area (Å²) < 4.78 is 1.74. The molecule has 0 aliphatic rings. The van der Waals surface area contributed by atoms with Crippen molar-refractivity contribution in [3.8, 4) is 0 Å². The van der Waals surface area contributed by atoms with E-state index in [-0.39, 0.29) is 36.3 Å². The van der Waals surface area contributed by atoms with Crippen molar-refractivity contribution >= 4 is 23.0 Å². The van der Waals surface area contributed by atoms with Crippen molar-refractivity contribution in [3.05, 3.63) is 71.0 Å². The minimum Gasteiger partial charge on any atom is -1.00 e. The molecule has 128 valence electrons. The lowest BCUT2D eigenvalue weighted by atomic mass is 9.99. The summed E-state index contributed by atoms with van der Waals surface area (Å²) in [7, 11) is 1.72. The van der Waals surface area contributed by atoms with Crippen LogP contribution >= 0.6 is 11.6 Å². The molecule has 24 heavy (non-hydrogen) atoms. The Morgan fingerprint density at radius 2 is 1.92 bits per heavy atom. The minimum absolute atomic E-state index is 0. The zero-order valence-electron chi connectivity index (χ0n) is 13.6. The quantitative estimate of drug-likeness (QED) is 0.206. The molecule has 0 radical (unpaired) electrons. The fourth-order valence-corrected chi connectivity index (χ4v) is 2.45. The molecule has 0 saturated heterocycles. The highest BCUT2D eigenvalue weighted by atomic mass is 127. The Morgan fingerprint density at radius 1 is 1.21 bits per heavy atom. The van der Waals surface area contributed by atoms with Crippen LogP contribution in [-0.2, 0) is 16.2 Å². The van der Waals surface area contributed by atoms with E-state index < -0.39 is 0 Å². The fourth-order valence-electron chi connectivity index (χ4n) is 2.28. The van der Waals surface area contributed by atoms with Gasteiger partial charge in [-0.25, -0.2) is 5.48 Å². The molecular formula is C18H20ClIN2O2. The third-order valence-corrected chi connectivity index (χ3v) is 3.62. The van der Waals surface area contributed by atoms with Gasteiger partial charge in [0.25, 0.3) is 5.15 Å². The molecule has 2 rings (SSSR count). The van der Waals surface area contributed by atoms with E-state index in [4.69, 9.17) is 16.4 Å². The maximum absolute atomic E-state index is 11.4. The highest BCUT2D eigenvalue weighted by molar-refractivity contribution is 6.28. The van der Waals surface area contributed by atoms with Gasteiger partial charge in [-0.15, -0.1) is 0 Å². The van der Waals surface area contributed by atoms with Crippen molar-refractivity contribution in [2.24, 2.45) is 0 Å². The van der Waals surface area contributed by atoms with Crippen molar-refractivity contribution in [1.29, 1.82) is 0 Å². The summed E-state index contributed by atoms with van der Waals surface area (Å²) in [6.07, 6.45) is 3.88. The second-order valence-corrected chi connectivity index (χ2v) is 5.46. The van der Waals surface area contributed by atoms with Crippen LogP contribution in [0.15, 0.2) is 54.7 Å². The smallest absolute Gasteiger partial charge is 0.275 e. The van der Waals surface area contributed by atoms with Crippen molar-refractivity contribution in [2.45, 2.75) is 13.5 Å². The predicted molar refractivity (Wildman–Crippen MR) is 90.9 cm³/mol. The number of rotatable bonds is 7. The molecule has 6 heteroatoms. The van der Waals surface area contributed by atoms with Crippen molar-refractivity contribution in [1.82, 2.24) is 5.48 Å². The van der Waals surface area contributed by atoms with Crippen LogP contribution in [0, 0.1) is 0 Å². The Hall–Kier alpha value is -1.28. The van der Waals surface area contributed by atoms with Gasteiger partial charge in [-0.2, -0.15) is 4.57 Å². The number of ketones is 1. The van der Waals surface area contributed by atoms with Crippen LogP contribution in [0.5, 0.6) is 0 Å². The molecule has 0 unspecified atom stereocenters. The first kappa shape index (κ1) is 20.8. The first-order valence-electron chi connectivity index (χ1n) is 7.34. The summed E-state index contributed by atoms with van der Waals surface area (Å²) >= 11 is 6.17. The number of carbonyl (C=O) groups excluding carboxylic acids is 1. The third-order valence-electron chi connectivity index (χ3n) is 3.27. The van der Waals surface area contributed by atoms with Crippen molar-refractivity contribution in [2.75, 3.05) is 13.7 Å². The standard InChI is InChI=1S/C18H20ClN2O2.HI/c1-14(22)12-21-13-16(8-9-18(21)19)17(10-11-23-20-2)15-6-4-3-5-7-15;/h3-10,13,20H,11-12H2,1-2H3;1H/q+1;/p-1/b17-10+;. The number of carbonyl (C=O) groups is 1. The first-order valence-corrected chi connectivity index (χ1v) is 7.72. The molecule has 2 aromatic rings. The molecule has 4 nitrogen and oxygen atoms in total. The molecule has 0 saturated carbocycles. The van der Waals surface area contributed by atoms with Gasteiger partial charge in [0.05, 0.1) is 6.61 Å². The number of Topliss-reactive ketones (excluding diaryl/α,β-unsaturated/α-hetero) is 1. The number of nitrogens with zero attached hydrogens (tertiary/aromatic N) is 1. The van der Waals surface area contributed by atoms with Gasteiger partial charge in [0.15, 0.2) is 12.0 Å². The van der Waals surface area contributed by atoms with Crippen LogP contribution in [0.4, 0.5) is 0 Å². The lowest BCUT2D eigenvalue weighted by Crippen LogP contribution is -3.00. The van der Waals surface area contributed by atoms with Gasteiger partial charge < -0.3 is 24.0 Å². The number of benzene rings is 1. The van der Waals surface area contributed by atoms with Crippen LogP contribution in [0.1, 0.15) is 18.1 Å². The monoisotopic (exact) mass is 458 g/mol. The maximum Gasteiger partial charge on any atom is 0.275 e. The Balaban J connectivity index is 0.00000288. The van der Waals surface area contributed by atoms with E-state index in [9.17, 15) is 4.79 Å². The average molecular weight is 459 g/mol. The highest BCUT2D eigenvalue weighted by Gasteiger charge is 2.15. The van der Waals surface area contributed by atoms with Crippen LogP contribution in [0.25, 0.3) is 5.57 Å². The van der Waals surface area contributed by atoms with Gasteiger partial charge in [-0.1, -0.05) is 30.3 Å². The summed E-state index contributed by atoms with van der Waals surface area (Å²) in [4.78, 5) is 16.6. The lowest BCUT2D eigenvalue weighted by molar-refractivity contribution is -0.682. The van der Waals surface area contributed by atoms with Crippen LogP contribution in [0.2, 0.25) is 5.15 Å². The zero-order chi connectivity index (χ0) is 16.7. The number of aromatic nitrogens is 1. The van der Waals surface area contributed by atoms with E-state index in [1.165, 1.54) is 0 Å². The van der Waals surface area contributed by atoms with Crippen molar-refractivity contribution in [3.63, 3.8) is 0 Å². The number of hydroxylamine groups is 1. The van der Waals surface area contributed by atoms with Crippen LogP contribution < -0.4 is 34.0 Å². The zero-order valence-corrected chi connectivity index (χ0v) is 16.5.